The molecule has 2 aromatic rings. The maximum absolute atomic E-state index is 12.1. The van der Waals surface area contributed by atoms with Crippen molar-refractivity contribution < 1.29 is 9.32 Å². The molecule has 108 valence electrons. The molecule has 1 amide bonds. The SMILES string of the molecule is Cc1cc(-n2c(C)cc(C(=O)NCCCN)c2C)no1. The van der Waals surface area contributed by atoms with Gasteiger partial charge in [-0.2, -0.15) is 0 Å². The number of carbonyl (C=O) groups is 1. The molecule has 20 heavy (non-hydrogen) atoms. The summed E-state index contributed by atoms with van der Waals surface area (Å²) < 4.78 is 7.00. The van der Waals surface area contributed by atoms with Gasteiger partial charge in [0.2, 0.25) is 0 Å². The number of nitrogens with one attached hydrogen (secondary N) is 1. The number of hydrogen-bond acceptors (Lipinski definition) is 4. The van der Waals surface area contributed by atoms with Crippen molar-refractivity contribution in [1.82, 2.24) is 15.0 Å². The third-order valence-electron chi connectivity index (χ3n) is 3.19. The molecule has 0 saturated carbocycles. The van der Waals surface area contributed by atoms with Crippen LogP contribution in [-0.4, -0.2) is 28.7 Å². The molecule has 2 aromatic heterocycles. The van der Waals surface area contributed by atoms with Gasteiger partial charge in [-0.3, -0.25) is 9.36 Å². The standard InChI is InChI=1S/C14H20N4O2/c1-9-7-12(14(19)16-6-4-5-15)11(3)18(9)13-8-10(2)20-17-13/h7-8H,4-6,15H2,1-3H3,(H,16,19). The molecule has 0 aliphatic carbocycles. The van der Waals surface area contributed by atoms with E-state index < -0.39 is 0 Å². The van der Waals surface area contributed by atoms with E-state index in [-0.39, 0.29) is 5.91 Å². The Hall–Kier alpha value is -2.08. The molecule has 0 spiro atoms. The molecule has 0 aliphatic rings. The first-order chi connectivity index (χ1) is 9.54. The van der Waals surface area contributed by atoms with Crippen LogP contribution >= 0.6 is 0 Å². The molecule has 6 heteroatoms. The third kappa shape index (κ3) is 2.75. The van der Waals surface area contributed by atoms with Gasteiger partial charge in [-0.05, 0) is 39.8 Å². The molecule has 0 radical (unpaired) electrons. The van der Waals surface area contributed by atoms with Crippen LogP contribution in [0.25, 0.3) is 5.82 Å². The Morgan fingerprint density at radius 2 is 2.15 bits per heavy atom. The normalized spacial score (nSPS) is 10.8. The Morgan fingerprint density at radius 1 is 1.40 bits per heavy atom. The van der Waals surface area contributed by atoms with Gasteiger partial charge in [-0.25, -0.2) is 0 Å². The second-order valence-corrected chi connectivity index (χ2v) is 4.81. The van der Waals surface area contributed by atoms with Crippen molar-refractivity contribution in [3.05, 3.63) is 34.8 Å². The average Bonchev–Trinajstić information content (AvgIpc) is 2.93. The number of carbonyl (C=O) groups excluding carboxylic acids is 1. The van der Waals surface area contributed by atoms with Crippen molar-refractivity contribution in [2.24, 2.45) is 5.73 Å². The van der Waals surface area contributed by atoms with Crippen molar-refractivity contribution >= 4 is 5.91 Å². The van der Waals surface area contributed by atoms with Crippen LogP contribution in [0.3, 0.4) is 0 Å². The smallest absolute Gasteiger partial charge is 0.253 e. The number of nitrogens with zero attached hydrogens (tertiary/aromatic N) is 2. The summed E-state index contributed by atoms with van der Waals surface area (Å²) in [5, 5.41) is 6.86. The summed E-state index contributed by atoms with van der Waals surface area (Å²) >= 11 is 0. The van der Waals surface area contributed by atoms with Gasteiger partial charge >= 0.3 is 0 Å². The maximum Gasteiger partial charge on any atom is 0.253 e. The number of aromatic nitrogens is 2. The van der Waals surface area contributed by atoms with Gasteiger partial charge in [0.15, 0.2) is 5.82 Å². The van der Waals surface area contributed by atoms with Crippen LogP contribution in [0.15, 0.2) is 16.7 Å². The first-order valence-corrected chi connectivity index (χ1v) is 6.65. The largest absolute Gasteiger partial charge is 0.360 e. The molecule has 0 saturated heterocycles. The van der Waals surface area contributed by atoms with Crippen LogP contribution in [0.5, 0.6) is 0 Å². The zero-order valence-corrected chi connectivity index (χ0v) is 12.1. The fourth-order valence-electron chi connectivity index (χ4n) is 2.20. The Kier molecular flexibility index (Phi) is 4.24. The molecule has 3 N–H and O–H groups in total. The minimum atomic E-state index is -0.0852. The van der Waals surface area contributed by atoms with E-state index >= 15 is 0 Å². The highest BCUT2D eigenvalue weighted by Gasteiger charge is 2.17. The number of amides is 1. The molecule has 0 aromatic carbocycles. The lowest BCUT2D eigenvalue weighted by molar-refractivity contribution is 0.0953. The highest BCUT2D eigenvalue weighted by Crippen LogP contribution is 2.20. The fourth-order valence-corrected chi connectivity index (χ4v) is 2.20. The summed E-state index contributed by atoms with van der Waals surface area (Å²) in [4.78, 5) is 12.1. The summed E-state index contributed by atoms with van der Waals surface area (Å²) in [5.74, 6) is 1.35. The lowest BCUT2D eigenvalue weighted by Gasteiger charge is -2.06. The summed E-state index contributed by atoms with van der Waals surface area (Å²) in [7, 11) is 0. The first-order valence-electron chi connectivity index (χ1n) is 6.65. The lowest BCUT2D eigenvalue weighted by atomic mass is 10.2. The van der Waals surface area contributed by atoms with Crippen LogP contribution in [-0.2, 0) is 0 Å². The van der Waals surface area contributed by atoms with Crippen molar-refractivity contribution in [1.29, 1.82) is 0 Å². The molecule has 0 bridgehead atoms. The lowest BCUT2D eigenvalue weighted by Crippen LogP contribution is -2.26. The van der Waals surface area contributed by atoms with Crippen LogP contribution in [0, 0.1) is 20.8 Å². The molecule has 2 rings (SSSR count). The summed E-state index contributed by atoms with van der Waals surface area (Å²) in [6.45, 7) is 6.83. The molecule has 2 heterocycles. The van der Waals surface area contributed by atoms with Gasteiger partial charge in [0.1, 0.15) is 5.76 Å². The fraction of sp³-hybridized carbons (Fsp3) is 0.429. The van der Waals surface area contributed by atoms with Gasteiger partial charge < -0.3 is 15.6 Å². The van der Waals surface area contributed by atoms with Crippen molar-refractivity contribution in [3.63, 3.8) is 0 Å². The van der Waals surface area contributed by atoms with Gasteiger partial charge in [0, 0.05) is 24.0 Å². The second kappa shape index (κ2) is 5.92. The molecule has 0 unspecified atom stereocenters. The summed E-state index contributed by atoms with van der Waals surface area (Å²) in [6, 6.07) is 3.70. The van der Waals surface area contributed by atoms with Gasteiger partial charge in [-0.1, -0.05) is 5.16 Å². The Labute approximate surface area is 117 Å². The van der Waals surface area contributed by atoms with Crippen molar-refractivity contribution in [3.8, 4) is 5.82 Å². The van der Waals surface area contributed by atoms with E-state index in [9.17, 15) is 4.79 Å². The second-order valence-electron chi connectivity index (χ2n) is 4.81. The Balaban J connectivity index is 2.27. The Morgan fingerprint density at radius 3 is 2.75 bits per heavy atom. The van der Waals surface area contributed by atoms with E-state index in [4.69, 9.17) is 10.3 Å². The average molecular weight is 276 g/mol. The predicted molar refractivity (Wildman–Crippen MR) is 76.0 cm³/mol. The highest BCUT2D eigenvalue weighted by molar-refractivity contribution is 5.95. The first kappa shape index (κ1) is 14.3. The van der Waals surface area contributed by atoms with E-state index in [0.29, 0.717) is 24.5 Å². The van der Waals surface area contributed by atoms with Crippen LogP contribution in [0.1, 0.15) is 33.9 Å². The molecule has 6 nitrogen and oxygen atoms in total. The predicted octanol–water partition coefficient (Wildman–Crippen LogP) is 1.47. The van der Waals surface area contributed by atoms with Gasteiger partial charge in [0.05, 0.1) is 5.56 Å². The summed E-state index contributed by atoms with van der Waals surface area (Å²) in [5.41, 5.74) is 7.86. The zero-order valence-electron chi connectivity index (χ0n) is 12.1. The number of aryl methyl sites for hydroxylation is 2. The van der Waals surface area contributed by atoms with Crippen LogP contribution in [0.4, 0.5) is 0 Å². The van der Waals surface area contributed by atoms with E-state index in [1.807, 2.05) is 37.5 Å². The van der Waals surface area contributed by atoms with E-state index in [1.54, 1.807) is 0 Å². The van der Waals surface area contributed by atoms with Crippen molar-refractivity contribution in [2.75, 3.05) is 13.1 Å². The minimum Gasteiger partial charge on any atom is -0.360 e. The maximum atomic E-state index is 12.1. The Bertz CT molecular complexity index is 613. The third-order valence-corrected chi connectivity index (χ3v) is 3.19. The molecule has 0 atom stereocenters. The van der Waals surface area contributed by atoms with Crippen molar-refractivity contribution in [2.45, 2.75) is 27.2 Å². The van der Waals surface area contributed by atoms with Gasteiger partial charge in [0.25, 0.3) is 5.91 Å². The highest BCUT2D eigenvalue weighted by atomic mass is 16.5. The van der Waals surface area contributed by atoms with E-state index in [0.717, 1.165) is 23.6 Å². The molecule has 0 aliphatic heterocycles. The van der Waals surface area contributed by atoms with Crippen LogP contribution < -0.4 is 11.1 Å². The monoisotopic (exact) mass is 276 g/mol. The topological polar surface area (TPSA) is 86.1 Å². The molecule has 0 fully saturated rings. The summed E-state index contributed by atoms with van der Waals surface area (Å²) in [6.07, 6.45) is 0.771. The quantitative estimate of drug-likeness (QED) is 0.810. The molecular weight excluding hydrogens is 256 g/mol. The van der Waals surface area contributed by atoms with Gasteiger partial charge in [-0.15, -0.1) is 0 Å². The number of nitrogens with two attached hydrogens (primary N) is 1. The number of hydrogen-bond donors (Lipinski definition) is 2. The minimum absolute atomic E-state index is 0.0852. The van der Waals surface area contributed by atoms with Crippen LogP contribution in [0.2, 0.25) is 0 Å². The molecular formula is C14H20N4O2. The number of rotatable bonds is 5. The van der Waals surface area contributed by atoms with E-state index in [2.05, 4.69) is 10.5 Å². The zero-order chi connectivity index (χ0) is 14.7. The van der Waals surface area contributed by atoms with E-state index in [1.165, 1.54) is 0 Å².